The van der Waals surface area contributed by atoms with Gasteiger partial charge in [-0.25, -0.2) is 9.97 Å². The van der Waals surface area contributed by atoms with Gasteiger partial charge in [0.2, 0.25) is 17.8 Å². The monoisotopic (exact) mass is 449 g/mol. The zero-order valence-electron chi connectivity index (χ0n) is 17.6. The predicted octanol–water partition coefficient (Wildman–Crippen LogP) is 3.20. The Kier molecular flexibility index (Phi) is 6.97. The van der Waals surface area contributed by atoms with Gasteiger partial charge in [0.25, 0.3) is 0 Å². The molecule has 0 radical (unpaired) electrons. The number of benzene rings is 2. The van der Waals surface area contributed by atoms with Crippen LogP contribution in [-0.4, -0.2) is 52.9 Å². The highest BCUT2D eigenvalue weighted by atomic mass is 35.5. The highest BCUT2D eigenvalue weighted by Crippen LogP contribution is 2.15. The summed E-state index contributed by atoms with van der Waals surface area (Å²) < 4.78 is 0. The standard InChI is InChI=1S/C24H24ClN5O2/c25-20-6-2-18(3-7-20)16-22(31)28-21-8-4-19(5-9-21)17-23(32)29-12-14-30(15-13-29)24-26-10-1-11-27-24/h1-11H,12-17H2,(H,28,31). The Labute approximate surface area is 192 Å². The van der Waals surface area contributed by atoms with E-state index in [2.05, 4.69) is 20.2 Å². The summed E-state index contributed by atoms with van der Waals surface area (Å²) in [6.45, 7) is 2.73. The molecule has 0 aliphatic carbocycles. The third-order valence-electron chi connectivity index (χ3n) is 5.34. The summed E-state index contributed by atoms with van der Waals surface area (Å²) in [5.41, 5.74) is 2.52. The fourth-order valence-electron chi connectivity index (χ4n) is 3.60. The molecule has 7 nitrogen and oxygen atoms in total. The van der Waals surface area contributed by atoms with Gasteiger partial charge in [0, 0.05) is 49.3 Å². The second-order valence-electron chi connectivity index (χ2n) is 7.64. The number of anilines is 2. The van der Waals surface area contributed by atoms with E-state index in [-0.39, 0.29) is 18.2 Å². The average Bonchev–Trinajstić information content (AvgIpc) is 2.82. The van der Waals surface area contributed by atoms with Gasteiger partial charge >= 0.3 is 0 Å². The first-order valence-corrected chi connectivity index (χ1v) is 10.9. The number of nitrogens with one attached hydrogen (secondary N) is 1. The molecule has 2 heterocycles. The minimum atomic E-state index is -0.101. The fraction of sp³-hybridized carbons (Fsp3) is 0.250. The number of halogens is 1. The van der Waals surface area contributed by atoms with Crippen molar-refractivity contribution >= 4 is 35.1 Å². The van der Waals surface area contributed by atoms with Crippen LogP contribution < -0.4 is 10.2 Å². The predicted molar refractivity (Wildman–Crippen MR) is 125 cm³/mol. The summed E-state index contributed by atoms with van der Waals surface area (Å²) in [5, 5.41) is 3.53. The van der Waals surface area contributed by atoms with Crippen LogP contribution in [-0.2, 0) is 22.4 Å². The largest absolute Gasteiger partial charge is 0.339 e. The molecule has 0 bridgehead atoms. The zero-order valence-corrected chi connectivity index (χ0v) is 18.3. The second-order valence-corrected chi connectivity index (χ2v) is 8.08. The lowest BCUT2D eigenvalue weighted by Crippen LogP contribution is -2.49. The zero-order chi connectivity index (χ0) is 22.3. The van der Waals surface area contributed by atoms with Gasteiger partial charge in [0.1, 0.15) is 0 Å². The van der Waals surface area contributed by atoms with Gasteiger partial charge in [0.15, 0.2) is 0 Å². The Morgan fingerprint density at radius 2 is 1.44 bits per heavy atom. The molecule has 1 saturated heterocycles. The molecule has 1 aromatic heterocycles. The third kappa shape index (κ3) is 5.82. The fourth-order valence-corrected chi connectivity index (χ4v) is 3.72. The number of aromatic nitrogens is 2. The van der Waals surface area contributed by atoms with Crippen LogP contribution in [0.4, 0.5) is 11.6 Å². The SMILES string of the molecule is O=C(Cc1ccc(Cl)cc1)Nc1ccc(CC(=O)N2CCN(c3ncccn3)CC2)cc1. The van der Waals surface area contributed by atoms with E-state index < -0.39 is 0 Å². The van der Waals surface area contributed by atoms with E-state index in [1.165, 1.54) is 0 Å². The Balaban J connectivity index is 1.25. The summed E-state index contributed by atoms with van der Waals surface area (Å²) in [4.78, 5) is 37.5. The molecule has 1 N–H and O–H groups in total. The first-order valence-electron chi connectivity index (χ1n) is 10.5. The maximum atomic E-state index is 12.7. The van der Waals surface area contributed by atoms with Crippen molar-refractivity contribution in [3.8, 4) is 0 Å². The highest BCUT2D eigenvalue weighted by Gasteiger charge is 2.22. The molecule has 0 unspecified atom stereocenters. The summed E-state index contributed by atoms with van der Waals surface area (Å²) in [6.07, 6.45) is 4.06. The van der Waals surface area contributed by atoms with E-state index in [4.69, 9.17) is 11.6 Å². The Morgan fingerprint density at radius 3 is 2.09 bits per heavy atom. The summed E-state index contributed by atoms with van der Waals surface area (Å²) in [5.74, 6) is 0.697. The van der Waals surface area contributed by atoms with Crippen LogP contribution in [0.15, 0.2) is 67.0 Å². The molecule has 4 rings (SSSR count). The molecule has 8 heteroatoms. The number of carbonyl (C=O) groups excluding carboxylic acids is 2. The molecular weight excluding hydrogens is 426 g/mol. The number of piperazine rings is 1. The summed E-state index contributed by atoms with van der Waals surface area (Å²) >= 11 is 5.88. The van der Waals surface area contributed by atoms with Crippen molar-refractivity contribution < 1.29 is 9.59 Å². The van der Waals surface area contributed by atoms with Crippen molar-refractivity contribution in [2.45, 2.75) is 12.8 Å². The van der Waals surface area contributed by atoms with E-state index >= 15 is 0 Å². The molecule has 1 fully saturated rings. The van der Waals surface area contributed by atoms with Crippen molar-refractivity contribution in [3.63, 3.8) is 0 Å². The Bertz CT molecular complexity index is 1050. The number of hydrogen-bond donors (Lipinski definition) is 1. The minimum absolute atomic E-state index is 0.0955. The van der Waals surface area contributed by atoms with E-state index in [1.54, 1.807) is 30.6 Å². The quantitative estimate of drug-likeness (QED) is 0.625. The van der Waals surface area contributed by atoms with Gasteiger partial charge in [-0.1, -0.05) is 35.9 Å². The lowest BCUT2D eigenvalue weighted by Gasteiger charge is -2.34. The van der Waals surface area contributed by atoms with Crippen LogP contribution in [0.5, 0.6) is 0 Å². The lowest BCUT2D eigenvalue weighted by atomic mass is 10.1. The molecule has 0 saturated carbocycles. The number of hydrogen-bond acceptors (Lipinski definition) is 5. The molecule has 0 atom stereocenters. The number of rotatable bonds is 6. The van der Waals surface area contributed by atoms with Crippen LogP contribution in [0, 0.1) is 0 Å². The van der Waals surface area contributed by atoms with Gasteiger partial charge in [-0.2, -0.15) is 0 Å². The molecular formula is C24H24ClN5O2. The van der Waals surface area contributed by atoms with E-state index in [9.17, 15) is 9.59 Å². The van der Waals surface area contributed by atoms with Gasteiger partial charge in [-0.3, -0.25) is 9.59 Å². The molecule has 2 amide bonds. The van der Waals surface area contributed by atoms with E-state index in [1.807, 2.05) is 41.3 Å². The lowest BCUT2D eigenvalue weighted by molar-refractivity contribution is -0.130. The van der Waals surface area contributed by atoms with Crippen LogP contribution in [0.3, 0.4) is 0 Å². The molecule has 0 spiro atoms. The van der Waals surface area contributed by atoms with Gasteiger partial charge in [-0.05, 0) is 41.5 Å². The first kappa shape index (κ1) is 21.8. The summed E-state index contributed by atoms with van der Waals surface area (Å²) in [7, 11) is 0. The number of nitrogens with zero attached hydrogens (tertiary/aromatic N) is 4. The maximum absolute atomic E-state index is 12.7. The molecule has 1 aliphatic rings. The molecule has 32 heavy (non-hydrogen) atoms. The van der Waals surface area contributed by atoms with Gasteiger partial charge in [0.05, 0.1) is 12.8 Å². The van der Waals surface area contributed by atoms with E-state index in [0.717, 1.165) is 11.1 Å². The van der Waals surface area contributed by atoms with Crippen molar-refractivity contribution in [3.05, 3.63) is 83.1 Å². The topological polar surface area (TPSA) is 78.4 Å². The van der Waals surface area contributed by atoms with Crippen molar-refractivity contribution in [2.75, 3.05) is 36.4 Å². The second kappa shape index (κ2) is 10.2. The third-order valence-corrected chi connectivity index (χ3v) is 5.59. The normalized spacial score (nSPS) is 13.7. The van der Waals surface area contributed by atoms with Crippen LogP contribution in [0.1, 0.15) is 11.1 Å². The molecule has 3 aromatic rings. The molecule has 1 aliphatic heterocycles. The van der Waals surface area contributed by atoms with Crippen molar-refractivity contribution in [1.29, 1.82) is 0 Å². The van der Waals surface area contributed by atoms with Crippen LogP contribution in [0.2, 0.25) is 5.02 Å². The smallest absolute Gasteiger partial charge is 0.228 e. The molecule has 164 valence electrons. The van der Waals surface area contributed by atoms with Crippen molar-refractivity contribution in [2.24, 2.45) is 0 Å². The van der Waals surface area contributed by atoms with Crippen molar-refractivity contribution in [1.82, 2.24) is 14.9 Å². The highest BCUT2D eigenvalue weighted by molar-refractivity contribution is 6.30. The first-order chi connectivity index (χ1) is 15.6. The number of amides is 2. The number of carbonyl (C=O) groups is 2. The van der Waals surface area contributed by atoms with E-state index in [0.29, 0.717) is 49.3 Å². The maximum Gasteiger partial charge on any atom is 0.228 e. The van der Waals surface area contributed by atoms with Gasteiger partial charge in [-0.15, -0.1) is 0 Å². The van der Waals surface area contributed by atoms with Crippen LogP contribution in [0.25, 0.3) is 0 Å². The molecule has 2 aromatic carbocycles. The Morgan fingerprint density at radius 1 is 0.844 bits per heavy atom. The summed E-state index contributed by atoms with van der Waals surface area (Å²) in [6, 6.07) is 16.4. The average molecular weight is 450 g/mol. The van der Waals surface area contributed by atoms with Crippen LogP contribution >= 0.6 is 11.6 Å². The minimum Gasteiger partial charge on any atom is -0.339 e. The Hall–Kier alpha value is -3.45. The van der Waals surface area contributed by atoms with Gasteiger partial charge < -0.3 is 15.1 Å².